The van der Waals surface area contributed by atoms with Crippen molar-refractivity contribution in [3.8, 4) is 0 Å². The molecule has 2 fully saturated rings. The second-order valence-corrected chi connectivity index (χ2v) is 8.06. The van der Waals surface area contributed by atoms with Crippen molar-refractivity contribution in [1.82, 2.24) is 14.4 Å². The van der Waals surface area contributed by atoms with Gasteiger partial charge in [-0.05, 0) is 39.7 Å². The molecule has 27 heavy (non-hydrogen) atoms. The molecule has 2 aliphatic heterocycles. The average molecular weight is 371 g/mol. The number of amides is 2. The Hall–Kier alpha value is -2.37. The van der Waals surface area contributed by atoms with Crippen LogP contribution in [-0.4, -0.2) is 52.4 Å². The quantitative estimate of drug-likeness (QED) is 0.763. The molecule has 0 saturated carbocycles. The lowest BCUT2D eigenvalue weighted by Gasteiger charge is -2.38. The average Bonchev–Trinajstić information content (AvgIpc) is 2.95. The van der Waals surface area contributed by atoms with Crippen LogP contribution in [0.3, 0.4) is 0 Å². The second kappa shape index (κ2) is 7.71. The summed E-state index contributed by atoms with van der Waals surface area (Å²) in [6.45, 7) is 9.31. The molecule has 0 N–H and O–H groups in total. The third-order valence-corrected chi connectivity index (χ3v) is 5.82. The summed E-state index contributed by atoms with van der Waals surface area (Å²) in [5.41, 5.74) is 1.52. The third-order valence-electron chi connectivity index (χ3n) is 5.82. The van der Waals surface area contributed by atoms with Crippen LogP contribution in [0.4, 0.5) is 0 Å². The Morgan fingerprint density at radius 1 is 1.22 bits per heavy atom. The molecule has 0 atom stereocenters. The fourth-order valence-electron chi connectivity index (χ4n) is 4.04. The van der Waals surface area contributed by atoms with E-state index in [4.69, 9.17) is 0 Å². The Labute approximate surface area is 160 Å². The first-order chi connectivity index (χ1) is 12.8. The Kier molecular flexibility index (Phi) is 5.53. The van der Waals surface area contributed by atoms with Crippen LogP contribution in [0.15, 0.2) is 34.8 Å². The lowest BCUT2D eigenvalue weighted by Crippen LogP contribution is -2.44. The van der Waals surface area contributed by atoms with E-state index in [9.17, 15) is 14.4 Å². The van der Waals surface area contributed by atoms with E-state index in [2.05, 4.69) is 6.08 Å². The van der Waals surface area contributed by atoms with Gasteiger partial charge in [0.15, 0.2) is 0 Å². The molecule has 1 aromatic rings. The van der Waals surface area contributed by atoms with Crippen molar-refractivity contribution in [2.75, 3.05) is 26.2 Å². The molecule has 3 heterocycles. The zero-order chi connectivity index (χ0) is 19.6. The van der Waals surface area contributed by atoms with Crippen LogP contribution in [0, 0.1) is 5.41 Å². The minimum Gasteiger partial charge on any atom is -0.339 e. The van der Waals surface area contributed by atoms with Crippen LogP contribution in [0.2, 0.25) is 0 Å². The number of hydrogen-bond acceptors (Lipinski definition) is 3. The molecular weight excluding hydrogens is 342 g/mol. The maximum atomic E-state index is 12.8. The minimum atomic E-state index is -0.145. The molecule has 0 bridgehead atoms. The fraction of sp³-hybridized carbons (Fsp3) is 0.571. The first-order valence-electron chi connectivity index (χ1n) is 9.74. The molecule has 0 radical (unpaired) electrons. The zero-order valence-corrected chi connectivity index (χ0v) is 16.5. The molecule has 0 aromatic carbocycles. The van der Waals surface area contributed by atoms with Crippen molar-refractivity contribution in [3.63, 3.8) is 0 Å². The van der Waals surface area contributed by atoms with E-state index in [0.29, 0.717) is 38.2 Å². The summed E-state index contributed by atoms with van der Waals surface area (Å²) < 4.78 is 1.58. The summed E-state index contributed by atoms with van der Waals surface area (Å²) in [5, 5.41) is 0. The molecule has 146 valence electrons. The molecule has 2 amide bonds. The van der Waals surface area contributed by atoms with Gasteiger partial charge in [-0.15, -0.1) is 0 Å². The van der Waals surface area contributed by atoms with Crippen LogP contribution in [0.1, 0.15) is 50.4 Å². The number of allylic oxidation sites excluding steroid dienone is 1. The van der Waals surface area contributed by atoms with Crippen molar-refractivity contribution in [1.29, 1.82) is 0 Å². The first kappa shape index (κ1) is 19.4. The molecule has 6 nitrogen and oxygen atoms in total. The Morgan fingerprint density at radius 3 is 2.52 bits per heavy atom. The van der Waals surface area contributed by atoms with Crippen LogP contribution in [0.25, 0.3) is 0 Å². The maximum absolute atomic E-state index is 12.8. The number of nitrogens with zero attached hydrogens (tertiary/aromatic N) is 3. The lowest BCUT2D eigenvalue weighted by molar-refractivity contribution is -0.127. The number of carbonyl (C=O) groups is 2. The molecule has 0 unspecified atom stereocenters. The number of pyridine rings is 1. The Bertz CT molecular complexity index is 812. The molecule has 2 saturated heterocycles. The smallest absolute Gasteiger partial charge is 0.254 e. The van der Waals surface area contributed by atoms with E-state index in [1.54, 1.807) is 16.8 Å². The standard InChI is InChI=1S/C21H29N3O3/c1-4-22-10-6-17(13-18(22)25)20(27)23-11-7-21(8-12-23)14-19(26)24(15-21)9-5-16(2)3/h5-6,10,13H,4,7-9,11-12,14-15H2,1-3H3. The van der Waals surface area contributed by atoms with Gasteiger partial charge in [0.05, 0.1) is 0 Å². The molecular formula is C21H29N3O3. The van der Waals surface area contributed by atoms with Crippen molar-refractivity contribution >= 4 is 11.8 Å². The topological polar surface area (TPSA) is 62.6 Å². The molecule has 2 aliphatic rings. The molecule has 0 aliphatic carbocycles. The van der Waals surface area contributed by atoms with Gasteiger partial charge in [0.25, 0.3) is 11.5 Å². The summed E-state index contributed by atoms with van der Waals surface area (Å²) in [7, 11) is 0. The zero-order valence-electron chi connectivity index (χ0n) is 16.5. The van der Waals surface area contributed by atoms with Gasteiger partial charge in [-0.2, -0.15) is 0 Å². The van der Waals surface area contributed by atoms with Crippen LogP contribution < -0.4 is 5.56 Å². The van der Waals surface area contributed by atoms with Gasteiger partial charge < -0.3 is 14.4 Å². The highest BCUT2D eigenvalue weighted by atomic mass is 16.2. The SMILES string of the molecule is CCn1ccc(C(=O)N2CCC3(CC2)CC(=O)N(CC=C(C)C)C3)cc1=O. The number of likely N-dealkylation sites (tertiary alicyclic amines) is 2. The molecule has 1 spiro atoms. The molecule has 3 rings (SSSR count). The summed E-state index contributed by atoms with van der Waals surface area (Å²) in [6.07, 6.45) is 6.02. The highest BCUT2D eigenvalue weighted by Crippen LogP contribution is 2.41. The monoisotopic (exact) mass is 371 g/mol. The number of piperidine rings is 1. The lowest BCUT2D eigenvalue weighted by atomic mass is 9.77. The third kappa shape index (κ3) is 4.15. The fourth-order valence-corrected chi connectivity index (χ4v) is 4.04. The highest BCUT2D eigenvalue weighted by Gasteiger charge is 2.45. The summed E-state index contributed by atoms with van der Waals surface area (Å²) in [5.74, 6) is 0.131. The number of aromatic nitrogens is 1. The van der Waals surface area contributed by atoms with E-state index >= 15 is 0 Å². The Balaban J connectivity index is 1.62. The van der Waals surface area contributed by atoms with Gasteiger partial charge in [0.1, 0.15) is 0 Å². The Morgan fingerprint density at radius 2 is 1.93 bits per heavy atom. The van der Waals surface area contributed by atoms with E-state index in [0.717, 1.165) is 19.4 Å². The van der Waals surface area contributed by atoms with E-state index < -0.39 is 0 Å². The van der Waals surface area contributed by atoms with Gasteiger partial charge in [-0.25, -0.2) is 0 Å². The van der Waals surface area contributed by atoms with Crippen molar-refractivity contribution in [2.24, 2.45) is 5.41 Å². The van der Waals surface area contributed by atoms with E-state index in [1.165, 1.54) is 11.6 Å². The van der Waals surface area contributed by atoms with Crippen molar-refractivity contribution in [3.05, 3.63) is 45.9 Å². The molecule has 6 heteroatoms. The van der Waals surface area contributed by atoms with Crippen molar-refractivity contribution in [2.45, 2.75) is 46.6 Å². The van der Waals surface area contributed by atoms with Gasteiger partial charge in [0.2, 0.25) is 5.91 Å². The van der Waals surface area contributed by atoms with Crippen LogP contribution in [0.5, 0.6) is 0 Å². The molecule has 1 aromatic heterocycles. The first-order valence-corrected chi connectivity index (χ1v) is 9.74. The predicted octanol–water partition coefficient (Wildman–Crippen LogP) is 2.29. The van der Waals surface area contributed by atoms with Gasteiger partial charge >= 0.3 is 0 Å². The van der Waals surface area contributed by atoms with Crippen LogP contribution >= 0.6 is 0 Å². The number of rotatable bonds is 4. The van der Waals surface area contributed by atoms with E-state index in [-0.39, 0.29) is 22.8 Å². The second-order valence-electron chi connectivity index (χ2n) is 8.06. The van der Waals surface area contributed by atoms with E-state index in [1.807, 2.05) is 30.6 Å². The summed E-state index contributed by atoms with van der Waals surface area (Å²) in [4.78, 5) is 40.9. The number of carbonyl (C=O) groups excluding carboxylic acids is 2. The minimum absolute atomic E-state index is 0.00500. The number of hydrogen-bond donors (Lipinski definition) is 0. The summed E-state index contributed by atoms with van der Waals surface area (Å²) in [6, 6.07) is 3.15. The number of aryl methyl sites for hydroxylation is 1. The maximum Gasteiger partial charge on any atom is 0.254 e. The van der Waals surface area contributed by atoms with Gasteiger partial charge in [-0.1, -0.05) is 11.6 Å². The van der Waals surface area contributed by atoms with Crippen LogP contribution in [-0.2, 0) is 11.3 Å². The summed E-state index contributed by atoms with van der Waals surface area (Å²) >= 11 is 0. The normalized spacial score (nSPS) is 18.9. The van der Waals surface area contributed by atoms with Gasteiger partial charge in [-0.3, -0.25) is 14.4 Å². The van der Waals surface area contributed by atoms with Crippen molar-refractivity contribution < 1.29 is 9.59 Å². The predicted molar refractivity (Wildman–Crippen MR) is 105 cm³/mol. The van der Waals surface area contributed by atoms with Gasteiger partial charge in [0, 0.05) is 62.4 Å². The highest BCUT2D eigenvalue weighted by molar-refractivity contribution is 5.94. The largest absolute Gasteiger partial charge is 0.339 e.